The van der Waals surface area contributed by atoms with Gasteiger partial charge in [-0.25, -0.2) is 0 Å². The molecule has 0 saturated carbocycles. The zero-order valence-corrected chi connectivity index (χ0v) is 6.40. The molecule has 2 aliphatic heterocycles. The van der Waals surface area contributed by atoms with E-state index in [2.05, 4.69) is 10.6 Å². The smallest absolute Gasteiger partial charge is 0.0120 e. The summed E-state index contributed by atoms with van der Waals surface area (Å²) in [5, 5.41) is 6.91. The van der Waals surface area contributed by atoms with Crippen LogP contribution in [0.4, 0.5) is 0 Å². The molecule has 2 rings (SSSR count). The molecule has 2 N–H and O–H groups in total. The number of hydrogen-bond donors (Lipinski definition) is 2. The molecule has 2 atom stereocenters. The highest BCUT2D eigenvalue weighted by molar-refractivity contribution is 4.89. The van der Waals surface area contributed by atoms with Crippen molar-refractivity contribution in [3.05, 3.63) is 0 Å². The first-order valence-corrected chi connectivity index (χ1v) is 4.41. The molecular formula is C8H16N2. The molecule has 0 aromatic carbocycles. The quantitative estimate of drug-likeness (QED) is 0.507. The molecule has 2 aliphatic rings. The van der Waals surface area contributed by atoms with E-state index in [4.69, 9.17) is 0 Å². The molecule has 10 heavy (non-hydrogen) atoms. The molecule has 58 valence electrons. The van der Waals surface area contributed by atoms with E-state index in [1.54, 1.807) is 0 Å². The van der Waals surface area contributed by atoms with Crippen molar-refractivity contribution in [3.63, 3.8) is 0 Å². The average molecular weight is 140 g/mol. The predicted molar refractivity (Wildman–Crippen MR) is 42.0 cm³/mol. The number of rotatable bonds is 0. The van der Waals surface area contributed by atoms with Crippen LogP contribution in [-0.4, -0.2) is 25.7 Å². The Morgan fingerprint density at radius 1 is 1.10 bits per heavy atom. The number of hydrogen-bond acceptors (Lipinski definition) is 2. The van der Waals surface area contributed by atoms with Crippen LogP contribution in [0.15, 0.2) is 0 Å². The van der Waals surface area contributed by atoms with Gasteiger partial charge in [-0.1, -0.05) is 0 Å². The van der Waals surface area contributed by atoms with Crippen LogP contribution >= 0.6 is 0 Å². The average Bonchev–Trinajstić information content (AvgIpc) is 1.89. The summed E-state index contributed by atoms with van der Waals surface area (Å²) in [5.74, 6) is 1.02. The lowest BCUT2D eigenvalue weighted by Gasteiger charge is -2.39. The molecule has 0 aromatic rings. The lowest BCUT2D eigenvalue weighted by molar-refractivity contribution is 0.191. The molecule has 2 fully saturated rings. The Balaban J connectivity index is 1.83. The van der Waals surface area contributed by atoms with E-state index in [9.17, 15) is 0 Å². The minimum Gasteiger partial charge on any atom is -0.317 e. The standard InChI is InChI=1S/C8H16N2/c1-2-7-6-10-8(7)3-5-9-4-1/h7-10H,1-6H2. The van der Waals surface area contributed by atoms with Gasteiger partial charge in [-0.3, -0.25) is 0 Å². The van der Waals surface area contributed by atoms with Crippen molar-refractivity contribution in [1.82, 2.24) is 10.6 Å². The lowest BCUT2D eigenvalue weighted by atomic mass is 9.84. The van der Waals surface area contributed by atoms with Crippen molar-refractivity contribution >= 4 is 0 Å². The molecule has 0 bridgehead atoms. The van der Waals surface area contributed by atoms with Gasteiger partial charge in [0.05, 0.1) is 0 Å². The summed E-state index contributed by atoms with van der Waals surface area (Å²) in [6.45, 7) is 3.74. The van der Waals surface area contributed by atoms with E-state index >= 15 is 0 Å². The van der Waals surface area contributed by atoms with Crippen molar-refractivity contribution < 1.29 is 0 Å². The van der Waals surface area contributed by atoms with Gasteiger partial charge in [0, 0.05) is 6.04 Å². The van der Waals surface area contributed by atoms with Crippen LogP contribution in [0.3, 0.4) is 0 Å². The second kappa shape index (κ2) is 2.89. The second-order valence-corrected chi connectivity index (χ2v) is 3.46. The highest BCUT2D eigenvalue weighted by Gasteiger charge is 2.29. The van der Waals surface area contributed by atoms with Gasteiger partial charge in [0.2, 0.25) is 0 Å². The highest BCUT2D eigenvalue weighted by Crippen LogP contribution is 2.22. The predicted octanol–water partition coefficient (Wildman–Crippen LogP) is 0.348. The molecular weight excluding hydrogens is 124 g/mol. The molecule has 2 saturated heterocycles. The fourth-order valence-electron chi connectivity index (χ4n) is 1.96. The first-order chi connectivity index (χ1) is 4.97. The summed E-state index contributed by atoms with van der Waals surface area (Å²) in [5.41, 5.74) is 0. The van der Waals surface area contributed by atoms with Crippen LogP contribution in [0.1, 0.15) is 19.3 Å². The zero-order chi connectivity index (χ0) is 6.81. The highest BCUT2D eigenvalue weighted by atomic mass is 15.0. The first-order valence-electron chi connectivity index (χ1n) is 4.41. The second-order valence-electron chi connectivity index (χ2n) is 3.46. The van der Waals surface area contributed by atoms with Crippen molar-refractivity contribution in [2.24, 2.45) is 5.92 Å². The third-order valence-corrected chi connectivity index (χ3v) is 2.77. The van der Waals surface area contributed by atoms with Crippen LogP contribution < -0.4 is 10.6 Å². The normalized spacial score (nSPS) is 40.8. The molecule has 2 heterocycles. The van der Waals surface area contributed by atoms with Crippen LogP contribution in [0.25, 0.3) is 0 Å². The van der Waals surface area contributed by atoms with E-state index in [0.29, 0.717) is 0 Å². The summed E-state index contributed by atoms with van der Waals surface area (Å²) in [6.07, 6.45) is 4.15. The van der Waals surface area contributed by atoms with Crippen LogP contribution in [0.5, 0.6) is 0 Å². The first kappa shape index (κ1) is 6.62. The van der Waals surface area contributed by atoms with Crippen molar-refractivity contribution in [3.8, 4) is 0 Å². The van der Waals surface area contributed by atoms with Gasteiger partial charge in [0.25, 0.3) is 0 Å². The van der Waals surface area contributed by atoms with Gasteiger partial charge in [-0.15, -0.1) is 0 Å². The van der Waals surface area contributed by atoms with Crippen molar-refractivity contribution in [2.45, 2.75) is 25.3 Å². The van der Waals surface area contributed by atoms with Gasteiger partial charge in [0.1, 0.15) is 0 Å². The van der Waals surface area contributed by atoms with Gasteiger partial charge < -0.3 is 10.6 Å². The maximum Gasteiger partial charge on any atom is 0.0120 e. The van der Waals surface area contributed by atoms with E-state index in [0.717, 1.165) is 12.0 Å². The fraction of sp³-hybridized carbons (Fsp3) is 1.00. The molecule has 0 amide bonds. The van der Waals surface area contributed by atoms with Crippen molar-refractivity contribution in [1.29, 1.82) is 0 Å². The Bertz CT molecular complexity index is 99.8. The molecule has 2 nitrogen and oxygen atoms in total. The summed E-state index contributed by atoms with van der Waals surface area (Å²) >= 11 is 0. The fourth-order valence-corrected chi connectivity index (χ4v) is 1.96. The van der Waals surface area contributed by atoms with Gasteiger partial charge in [-0.05, 0) is 44.8 Å². The van der Waals surface area contributed by atoms with E-state index in [1.165, 1.54) is 38.9 Å². The molecule has 0 radical (unpaired) electrons. The van der Waals surface area contributed by atoms with Crippen LogP contribution in [-0.2, 0) is 0 Å². The Kier molecular flexibility index (Phi) is 1.91. The Morgan fingerprint density at radius 2 is 2.10 bits per heavy atom. The summed E-state index contributed by atoms with van der Waals surface area (Å²) in [4.78, 5) is 0. The van der Waals surface area contributed by atoms with E-state index in [1.807, 2.05) is 0 Å². The molecule has 0 aliphatic carbocycles. The summed E-state index contributed by atoms with van der Waals surface area (Å²) in [7, 11) is 0. The third-order valence-electron chi connectivity index (χ3n) is 2.77. The maximum absolute atomic E-state index is 3.48. The maximum atomic E-state index is 3.48. The molecule has 0 aromatic heterocycles. The Morgan fingerprint density at radius 3 is 2.90 bits per heavy atom. The Hall–Kier alpha value is -0.0800. The SMILES string of the molecule is C1CNCCC2NCC2C1. The summed E-state index contributed by atoms with van der Waals surface area (Å²) < 4.78 is 0. The van der Waals surface area contributed by atoms with Crippen LogP contribution in [0.2, 0.25) is 0 Å². The monoisotopic (exact) mass is 140 g/mol. The van der Waals surface area contributed by atoms with Gasteiger partial charge in [0.15, 0.2) is 0 Å². The largest absolute Gasteiger partial charge is 0.317 e. The van der Waals surface area contributed by atoms with Crippen LogP contribution in [0, 0.1) is 5.92 Å². The topological polar surface area (TPSA) is 24.1 Å². The number of fused-ring (bicyclic) bond motifs is 1. The Labute approximate surface area is 62.4 Å². The summed E-state index contributed by atoms with van der Waals surface area (Å²) in [6, 6.07) is 0.854. The van der Waals surface area contributed by atoms with Gasteiger partial charge >= 0.3 is 0 Å². The van der Waals surface area contributed by atoms with E-state index < -0.39 is 0 Å². The molecule has 0 spiro atoms. The van der Waals surface area contributed by atoms with Gasteiger partial charge in [-0.2, -0.15) is 0 Å². The minimum atomic E-state index is 0.854. The van der Waals surface area contributed by atoms with E-state index in [-0.39, 0.29) is 0 Å². The zero-order valence-electron chi connectivity index (χ0n) is 6.40. The number of nitrogens with one attached hydrogen (secondary N) is 2. The molecule has 2 heteroatoms. The molecule has 2 unspecified atom stereocenters. The van der Waals surface area contributed by atoms with Crippen molar-refractivity contribution in [2.75, 3.05) is 19.6 Å². The third kappa shape index (κ3) is 1.18. The lowest BCUT2D eigenvalue weighted by Crippen LogP contribution is -2.54. The minimum absolute atomic E-state index is 0.854.